The van der Waals surface area contributed by atoms with Gasteiger partial charge in [-0.3, -0.25) is 0 Å². The number of aromatic nitrogens is 1. The molecule has 0 atom stereocenters. The number of nitrogens with zero attached hydrogens (tertiary/aromatic N) is 1. The number of aromatic carboxylic acids is 1. The van der Waals surface area contributed by atoms with Gasteiger partial charge < -0.3 is 19.1 Å². The van der Waals surface area contributed by atoms with Crippen LogP contribution >= 0.6 is 0 Å². The third kappa shape index (κ3) is 3.08. The number of ether oxygens (including phenoxy) is 2. The van der Waals surface area contributed by atoms with Crippen molar-refractivity contribution < 1.29 is 23.9 Å². The standard InChI is InChI=1S/C18H15NO5/c1-11-16(18(20)21)17(19-24-11)12-3-5-14(6-4-12)23-15-9-7-13(22-2)8-10-15/h3-10H,1-2H3,(H,20,21). The third-order valence-electron chi connectivity index (χ3n) is 3.50. The van der Waals surface area contributed by atoms with Gasteiger partial charge in [0.05, 0.1) is 7.11 Å². The van der Waals surface area contributed by atoms with Gasteiger partial charge in [0.2, 0.25) is 0 Å². The molecule has 0 saturated carbocycles. The van der Waals surface area contributed by atoms with Crippen LogP contribution in [0.4, 0.5) is 0 Å². The van der Waals surface area contributed by atoms with Gasteiger partial charge in [0.15, 0.2) is 0 Å². The van der Waals surface area contributed by atoms with Gasteiger partial charge in [0.25, 0.3) is 0 Å². The van der Waals surface area contributed by atoms with Crippen molar-refractivity contribution in [3.63, 3.8) is 0 Å². The molecule has 1 heterocycles. The lowest BCUT2D eigenvalue weighted by molar-refractivity contribution is 0.0695. The number of hydrogen-bond acceptors (Lipinski definition) is 5. The Bertz CT molecular complexity index is 850. The first-order valence-corrected chi connectivity index (χ1v) is 7.20. The second-order valence-corrected chi connectivity index (χ2v) is 5.07. The largest absolute Gasteiger partial charge is 0.497 e. The summed E-state index contributed by atoms with van der Waals surface area (Å²) in [6, 6.07) is 14.2. The minimum absolute atomic E-state index is 0.0684. The number of carboxylic acids is 1. The van der Waals surface area contributed by atoms with Crippen molar-refractivity contribution in [3.8, 4) is 28.5 Å². The molecule has 0 bridgehead atoms. The van der Waals surface area contributed by atoms with Crippen LogP contribution in [-0.4, -0.2) is 23.3 Å². The molecule has 0 amide bonds. The van der Waals surface area contributed by atoms with Crippen LogP contribution in [0, 0.1) is 6.92 Å². The van der Waals surface area contributed by atoms with Crippen LogP contribution in [0.1, 0.15) is 16.1 Å². The number of benzene rings is 2. The fourth-order valence-corrected chi connectivity index (χ4v) is 2.28. The maximum atomic E-state index is 11.3. The zero-order valence-electron chi connectivity index (χ0n) is 13.1. The van der Waals surface area contributed by atoms with Gasteiger partial charge in [-0.1, -0.05) is 5.16 Å². The number of carboxylic acid groups (broad SMARTS) is 1. The molecule has 0 saturated heterocycles. The molecule has 24 heavy (non-hydrogen) atoms. The summed E-state index contributed by atoms with van der Waals surface area (Å²) in [7, 11) is 1.60. The minimum Gasteiger partial charge on any atom is -0.497 e. The molecular formula is C18H15NO5. The fourth-order valence-electron chi connectivity index (χ4n) is 2.28. The van der Waals surface area contributed by atoms with Crippen LogP contribution in [0.25, 0.3) is 11.3 Å². The van der Waals surface area contributed by atoms with Crippen LogP contribution in [0.3, 0.4) is 0 Å². The summed E-state index contributed by atoms with van der Waals surface area (Å²) >= 11 is 0. The first-order chi connectivity index (χ1) is 11.6. The monoisotopic (exact) mass is 325 g/mol. The van der Waals surface area contributed by atoms with E-state index >= 15 is 0 Å². The number of hydrogen-bond donors (Lipinski definition) is 1. The number of methoxy groups -OCH3 is 1. The molecule has 3 aromatic rings. The molecule has 3 rings (SSSR count). The SMILES string of the molecule is COc1ccc(Oc2ccc(-c3noc(C)c3C(=O)O)cc2)cc1. The quantitative estimate of drug-likeness (QED) is 0.759. The van der Waals surface area contributed by atoms with E-state index in [-0.39, 0.29) is 11.3 Å². The van der Waals surface area contributed by atoms with E-state index in [0.29, 0.717) is 22.8 Å². The molecule has 0 unspecified atom stereocenters. The first-order valence-electron chi connectivity index (χ1n) is 7.20. The highest BCUT2D eigenvalue weighted by Gasteiger charge is 2.20. The lowest BCUT2D eigenvalue weighted by Crippen LogP contribution is -1.99. The highest BCUT2D eigenvalue weighted by Crippen LogP contribution is 2.29. The number of rotatable bonds is 5. The van der Waals surface area contributed by atoms with Gasteiger partial charge in [-0.05, 0) is 55.5 Å². The van der Waals surface area contributed by atoms with Crippen LogP contribution in [0.2, 0.25) is 0 Å². The van der Waals surface area contributed by atoms with E-state index in [1.807, 2.05) is 0 Å². The van der Waals surface area contributed by atoms with Gasteiger partial charge in [0, 0.05) is 5.56 Å². The summed E-state index contributed by atoms with van der Waals surface area (Å²) in [4.78, 5) is 11.3. The van der Waals surface area contributed by atoms with Crippen molar-refractivity contribution in [2.75, 3.05) is 7.11 Å². The highest BCUT2D eigenvalue weighted by molar-refractivity contribution is 5.95. The average molecular weight is 325 g/mol. The molecule has 0 radical (unpaired) electrons. The van der Waals surface area contributed by atoms with Crippen LogP contribution in [0.15, 0.2) is 53.1 Å². The number of aryl methyl sites for hydroxylation is 1. The molecule has 2 aromatic carbocycles. The van der Waals surface area contributed by atoms with Gasteiger partial charge in [0.1, 0.15) is 34.3 Å². The zero-order valence-corrected chi connectivity index (χ0v) is 13.1. The lowest BCUT2D eigenvalue weighted by Gasteiger charge is -2.07. The Kier molecular flexibility index (Phi) is 4.20. The smallest absolute Gasteiger partial charge is 0.341 e. The molecule has 0 aliphatic rings. The van der Waals surface area contributed by atoms with E-state index in [1.165, 1.54) is 0 Å². The maximum Gasteiger partial charge on any atom is 0.341 e. The molecule has 1 N–H and O–H groups in total. The normalized spacial score (nSPS) is 10.4. The molecule has 122 valence electrons. The molecule has 0 spiro atoms. The maximum absolute atomic E-state index is 11.3. The molecule has 1 aromatic heterocycles. The van der Waals surface area contributed by atoms with Gasteiger partial charge in [-0.25, -0.2) is 4.79 Å². The van der Waals surface area contributed by atoms with Gasteiger partial charge in [-0.15, -0.1) is 0 Å². The Morgan fingerprint density at radius 1 is 1.00 bits per heavy atom. The predicted molar refractivity (Wildman–Crippen MR) is 86.7 cm³/mol. The Labute approximate surface area is 138 Å². The van der Waals surface area contributed by atoms with E-state index in [9.17, 15) is 9.90 Å². The van der Waals surface area contributed by atoms with Gasteiger partial charge in [-0.2, -0.15) is 0 Å². The summed E-state index contributed by atoms with van der Waals surface area (Å²) in [6.45, 7) is 1.57. The summed E-state index contributed by atoms with van der Waals surface area (Å²) in [5, 5.41) is 13.1. The summed E-state index contributed by atoms with van der Waals surface area (Å²) in [5.74, 6) is 1.26. The Morgan fingerprint density at radius 3 is 2.08 bits per heavy atom. The average Bonchev–Trinajstić information content (AvgIpc) is 2.98. The zero-order chi connectivity index (χ0) is 17.1. The highest BCUT2D eigenvalue weighted by atomic mass is 16.5. The number of carbonyl (C=O) groups is 1. The van der Waals surface area contributed by atoms with Crippen molar-refractivity contribution >= 4 is 5.97 Å². The fraction of sp³-hybridized carbons (Fsp3) is 0.111. The van der Waals surface area contributed by atoms with E-state index < -0.39 is 5.97 Å². The van der Waals surface area contributed by atoms with E-state index in [4.69, 9.17) is 14.0 Å². The first kappa shape index (κ1) is 15.6. The van der Waals surface area contributed by atoms with Gasteiger partial charge >= 0.3 is 5.97 Å². The van der Waals surface area contributed by atoms with Crippen LogP contribution < -0.4 is 9.47 Å². The van der Waals surface area contributed by atoms with Crippen molar-refractivity contribution in [2.45, 2.75) is 6.92 Å². The summed E-state index contributed by atoms with van der Waals surface area (Å²) < 4.78 is 15.8. The molecule has 6 heteroatoms. The second-order valence-electron chi connectivity index (χ2n) is 5.07. The molecular weight excluding hydrogens is 310 g/mol. The van der Waals surface area contributed by atoms with Crippen LogP contribution in [0.5, 0.6) is 17.2 Å². The minimum atomic E-state index is -1.07. The van der Waals surface area contributed by atoms with E-state index in [1.54, 1.807) is 62.6 Å². The van der Waals surface area contributed by atoms with Crippen molar-refractivity contribution in [2.24, 2.45) is 0 Å². The summed E-state index contributed by atoms with van der Waals surface area (Å²) in [6.07, 6.45) is 0. The van der Waals surface area contributed by atoms with Crippen molar-refractivity contribution in [3.05, 3.63) is 59.9 Å². The topological polar surface area (TPSA) is 81.8 Å². The molecule has 6 nitrogen and oxygen atoms in total. The molecule has 0 fully saturated rings. The third-order valence-corrected chi connectivity index (χ3v) is 3.50. The Morgan fingerprint density at radius 2 is 1.54 bits per heavy atom. The predicted octanol–water partition coefficient (Wildman–Crippen LogP) is 4.15. The molecule has 0 aliphatic heterocycles. The second kappa shape index (κ2) is 6.45. The van der Waals surface area contributed by atoms with Crippen molar-refractivity contribution in [1.82, 2.24) is 5.16 Å². The Hall–Kier alpha value is -3.28. The van der Waals surface area contributed by atoms with Crippen LogP contribution in [-0.2, 0) is 0 Å². The lowest BCUT2D eigenvalue weighted by atomic mass is 10.1. The summed E-state index contributed by atoms with van der Waals surface area (Å²) in [5.41, 5.74) is 1.01. The van der Waals surface area contributed by atoms with Crippen molar-refractivity contribution in [1.29, 1.82) is 0 Å². The molecule has 0 aliphatic carbocycles. The Balaban J connectivity index is 1.81. The van der Waals surface area contributed by atoms with E-state index in [2.05, 4.69) is 5.16 Å². The van der Waals surface area contributed by atoms with E-state index in [0.717, 1.165) is 5.75 Å².